The van der Waals surface area contributed by atoms with E-state index in [9.17, 15) is 32.0 Å². The number of carbonyl (C=O) groups is 1. The van der Waals surface area contributed by atoms with Crippen molar-refractivity contribution in [3.05, 3.63) is 41.5 Å². The monoisotopic (exact) mass is 531 g/mol. The highest BCUT2D eigenvalue weighted by Gasteiger charge is 2.43. The van der Waals surface area contributed by atoms with Gasteiger partial charge in [-0.25, -0.2) is 13.8 Å². The molecule has 0 fully saturated rings. The number of fused-ring (bicyclic) bond motifs is 1. The predicted octanol–water partition coefficient (Wildman–Crippen LogP) is 3.73. The van der Waals surface area contributed by atoms with Crippen molar-refractivity contribution >= 4 is 17.4 Å². The van der Waals surface area contributed by atoms with Gasteiger partial charge in [-0.05, 0) is 61.9 Å². The molecule has 1 atom stereocenters. The zero-order valence-electron chi connectivity index (χ0n) is 20.6. The molecule has 0 saturated heterocycles. The molecule has 0 amide bonds. The number of nitrogens with one attached hydrogen (secondary N) is 2. The van der Waals surface area contributed by atoms with Gasteiger partial charge in [0, 0.05) is 31.3 Å². The molecule has 1 aliphatic rings. The van der Waals surface area contributed by atoms with Crippen LogP contribution in [0.3, 0.4) is 0 Å². The van der Waals surface area contributed by atoms with Gasteiger partial charge in [-0.3, -0.25) is 15.0 Å². The van der Waals surface area contributed by atoms with Crippen LogP contribution in [0.2, 0.25) is 0 Å². The summed E-state index contributed by atoms with van der Waals surface area (Å²) in [6.45, 7) is 2.13. The Morgan fingerprint density at radius 3 is 2.73 bits per heavy atom. The second-order valence-electron chi connectivity index (χ2n) is 9.05. The van der Waals surface area contributed by atoms with Crippen LogP contribution in [0, 0.1) is 0 Å². The number of pyridine rings is 1. The quantitative estimate of drug-likeness (QED) is 0.157. The zero-order valence-corrected chi connectivity index (χ0v) is 20.6. The molecular weight excluding hydrogens is 499 g/mol. The van der Waals surface area contributed by atoms with Crippen molar-refractivity contribution in [3.63, 3.8) is 0 Å². The SMILES string of the molecule is CC(=O)[C@H](CCN(CCCCc1ccc2c(n1)NCCC2)CC(F)F)Nc1ccnc(C(F)(F)F)[n+]1O. The fourth-order valence-electron chi connectivity index (χ4n) is 4.23. The summed E-state index contributed by atoms with van der Waals surface area (Å²) in [4.78, 5) is 21.4. The number of aryl methyl sites for hydroxylation is 2. The summed E-state index contributed by atoms with van der Waals surface area (Å²) in [5.74, 6) is -1.43. The van der Waals surface area contributed by atoms with Crippen LogP contribution in [0.15, 0.2) is 24.4 Å². The van der Waals surface area contributed by atoms with Crippen molar-refractivity contribution in [3.8, 4) is 0 Å². The molecule has 0 aromatic carbocycles. The number of Topliss-reactive ketones (excluding diaryl/α,β-unsaturated/α-hetero) is 1. The molecular formula is C24H32F5N6O2+. The fraction of sp³-hybridized carbons (Fsp3) is 0.583. The smallest absolute Gasteiger partial charge is 0.371 e. The highest BCUT2D eigenvalue weighted by molar-refractivity contribution is 5.83. The topological polar surface area (TPSA) is 94.3 Å². The molecule has 13 heteroatoms. The second kappa shape index (κ2) is 12.9. The van der Waals surface area contributed by atoms with E-state index < -0.39 is 36.8 Å². The Hall–Kier alpha value is -3.09. The van der Waals surface area contributed by atoms with E-state index in [0.29, 0.717) is 19.4 Å². The Kier molecular flexibility index (Phi) is 9.95. The standard InChI is InChI=1S/C24H31F5N6O2/c1-16(36)19(33-21-9-12-31-23(35(21)37)24(27,28)29)10-14-34(15-20(25)26)13-3-2-6-18-8-7-17-5-4-11-30-22(17)32-18/h7-9,12,19-20,37H,2-6,10-11,13-15H2,1H3,(H,30,32)/p+1/t19-/m0/s1. The Morgan fingerprint density at radius 1 is 1.24 bits per heavy atom. The van der Waals surface area contributed by atoms with Crippen LogP contribution in [0.25, 0.3) is 0 Å². The summed E-state index contributed by atoms with van der Waals surface area (Å²) in [6.07, 6.45) is -2.43. The van der Waals surface area contributed by atoms with E-state index in [1.54, 1.807) is 0 Å². The van der Waals surface area contributed by atoms with E-state index in [2.05, 4.69) is 26.7 Å². The molecule has 8 nitrogen and oxygen atoms in total. The van der Waals surface area contributed by atoms with Crippen molar-refractivity contribution in [1.82, 2.24) is 14.9 Å². The van der Waals surface area contributed by atoms with E-state index >= 15 is 0 Å². The van der Waals surface area contributed by atoms with Crippen molar-refractivity contribution in [2.45, 2.75) is 64.1 Å². The van der Waals surface area contributed by atoms with E-state index in [0.717, 1.165) is 49.6 Å². The molecule has 0 unspecified atom stereocenters. The van der Waals surface area contributed by atoms with Gasteiger partial charge in [0.25, 0.3) is 12.2 Å². The number of halogens is 5. The van der Waals surface area contributed by atoms with Gasteiger partial charge in [-0.15, -0.1) is 4.98 Å². The van der Waals surface area contributed by atoms with E-state index in [1.165, 1.54) is 17.4 Å². The molecule has 3 rings (SSSR count). The molecule has 2 aromatic rings. The lowest BCUT2D eigenvalue weighted by Crippen LogP contribution is -2.46. The van der Waals surface area contributed by atoms with Crippen LogP contribution >= 0.6 is 0 Å². The molecule has 1 aliphatic heterocycles. The lowest BCUT2D eigenvalue weighted by Gasteiger charge is -2.24. The number of anilines is 2. The van der Waals surface area contributed by atoms with Gasteiger partial charge < -0.3 is 10.5 Å². The van der Waals surface area contributed by atoms with Gasteiger partial charge in [-0.1, -0.05) is 6.07 Å². The number of carbonyl (C=O) groups excluding carboxylic acids is 1. The zero-order chi connectivity index (χ0) is 27.0. The van der Waals surface area contributed by atoms with Gasteiger partial charge in [-0.2, -0.15) is 13.2 Å². The first-order valence-electron chi connectivity index (χ1n) is 12.2. The maximum atomic E-state index is 13.2. The summed E-state index contributed by atoms with van der Waals surface area (Å²) in [6, 6.07) is 4.15. The maximum absolute atomic E-state index is 13.2. The van der Waals surface area contributed by atoms with Crippen LogP contribution in [-0.2, 0) is 23.8 Å². The van der Waals surface area contributed by atoms with Crippen LogP contribution in [0.1, 0.15) is 49.7 Å². The van der Waals surface area contributed by atoms with Gasteiger partial charge in [0.15, 0.2) is 5.78 Å². The lowest BCUT2D eigenvalue weighted by atomic mass is 10.1. The summed E-state index contributed by atoms with van der Waals surface area (Å²) in [5.41, 5.74) is 2.13. The minimum Gasteiger partial charge on any atom is -0.371 e. The molecule has 2 aromatic heterocycles. The fourth-order valence-corrected chi connectivity index (χ4v) is 4.23. The second-order valence-corrected chi connectivity index (χ2v) is 9.05. The number of nitrogens with zero attached hydrogens (tertiary/aromatic N) is 4. The number of hydrogen-bond donors (Lipinski definition) is 3. The molecule has 0 bridgehead atoms. The third-order valence-corrected chi connectivity index (χ3v) is 6.16. The largest absolute Gasteiger partial charge is 0.485 e. The molecule has 37 heavy (non-hydrogen) atoms. The van der Waals surface area contributed by atoms with Gasteiger partial charge in [0.05, 0.1) is 6.54 Å². The number of ketones is 1. The first-order valence-corrected chi connectivity index (χ1v) is 12.2. The summed E-state index contributed by atoms with van der Waals surface area (Å²) in [5, 5.41) is 15.8. The van der Waals surface area contributed by atoms with Crippen molar-refractivity contribution in [2.24, 2.45) is 0 Å². The number of alkyl halides is 5. The average Bonchev–Trinajstić information content (AvgIpc) is 2.83. The third kappa shape index (κ3) is 8.48. The highest BCUT2D eigenvalue weighted by atomic mass is 19.4. The Labute approximate surface area is 211 Å². The highest BCUT2D eigenvalue weighted by Crippen LogP contribution is 2.25. The van der Waals surface area contributed by atoms with E-state index in [-0.39, 0.29) is 23.5 Å². The van der Waals surface area contributed by atoms with E-state index in [4.69, 9.17) is 0 Å². The molecule has 3 heterocycles. The van der Waals surface area contributed by atoms with Crippen molar-refractivity contribution < 1.29 is 36.7 Å². The number of rotatable bonds is 13. The molecule has 204 valence electrons. The molecule has 0 saturated carbocycles. The lowest BCUT2D eigenvalue weighted by molar-refractivity contribution is -0.906. The normalized spacial score (nSPS) is 14.4. The van der Waals surface area contributed by atoms with Crippen molar-refractivity contribution in [2.75, 3.05) is 36.8 Å². The predicted molar refractivity (Wildman–Crippen MR) is 126 cm³/mol. The number of unbranched alkanes of at least 4 members (excludes halogenated alkanes) is 1. The minimum atomic E-state index is -4.91. The first-order chi connectivity index (χ1) is 17.5. The van der Waals surface area contributed by atoms with Crippen LogP contribution in [-0.4, -0.2) is 64.5 Å². The number of hydrogen-bond acceptors (Lipinski definition) is 7. The summed E-state index contributed by atoms with van der Waals surface area (Å²) in [7, 11) is 0. The Morgan fingerprint density at radius 2 is 2.03 bits per heavy atom. The van der Waals surface area contributed by atoms with Gasteiger partial charge in [0.1, 0.15) is 18.1 Å². The average molecular weight is 532 g/mol. The maximum Gasteiger partial charge on any atom is 0.485 e. The van der Waals surface area contributed by atoms with Gasteiger partial charge >= 0.3 is 12.0 Å². The van der Waals surface area contributed by atoms with Crippen molar-refractivity contribution in [1.29, 1.82) is 0 Å². The Bertz CT molecular complexity index is 1050. The van der Waals surface area contributed by atoms with E-state index in [1.807, 2.05) is 6.07 Å². The number of aromatic nitrogens is 3. The van der Waals surface area contributed by atoms with Crippen LogP contribution in [0.5, 0.6) is 0 Å². The first kappa shape index (κ1) is 28.5. The van der Waals surface area contributed by atoms with Crippen LogP contribution in [0.4, 0.5) is 33.6 Å². The van der Waals surface area contributed by atoms with Crippen LogP contribution < -0.4 is 15.4 Å². The molecule has 0 radical (unpaired) electrons. The Balaban J connectivity index is 1.54. The molecule has 0 aliphatic carbocycles. The minimum absolute atomic E-state index is 0.0593. The molecule has 3 N–H and O–H groups in total. The molecule has 0 spiro atoms. The summed E-state index contributed by atoms with van der Waals surface area (Å²) < 4.78 is 65.2. The summed E-state index contributed by atoms with van der Waals surface area (Å²) >= 11 is 0. The third-order valence-electron chi connectivity index (χ3n) is 6.16. The van der Waals surface area contributed by atoms with Gasteiger partial charge in [0.2, 0.25) is 0 Å².